The highest BCUT2D eigenvalue weighted by Crippen LogP contribution is 2.30. The van der Waals surface area contributed by atoms with Gasteiger partial charge in [0.25, 0.3) is 5.91 Å². The molecule has 6 heteroatoms. The van der Waals surface area contributed by atoms with Crippen molar-refractivity contribution in [1.29, 1.82) is 0 Å². The lowest BCUT2D eigenvalue weighted by atomic mass is 10.1. The highest BCUT2D eigenvalue weighted by Gasteiger charge is 2.20. The third kappa shape index (κ3) is 3.61. The molecule has 0 saturated carbocycles. The van der Waals surface area contributed by atoms with Crippen LogP contribution in [0.1, 0.15) is 23.7 Å². The number of ether oxygens (including phenoxy) is 1. The summed E-state index contributed by atoms with van der Waals surface area (Å²) >= 11 is 0. The standard InChI is InChI=1S/C13H17NO5/c1-3-14(8-7-11(15)16)13(18)9-5-4-6-10(19-2)12(9)17/h4-6,17H,3,7-8H2,1-2H3,(H,15,16). The van der Waals surface area contributed by atoms with Crippen molar-refractivity contribution in [1.82, 2.24) is 4.90 Å². The number of rotatable bonds is 6. The van der Waals surface area contributed by atoms with E-state index in [1.165, 1.54) is 18.1 Å². The Labute approximate surface area is 111 Å². The smallest absolute Gasteiger partial charge is 0.305 e. The number of para-hydroxylation sites is 1. The molecule has 0 radical (unpaired) electrons. The van der Waals surface area contributed by atoms with Gasteiger partial charge in [-0.1, -0.05) is 6.07 Å². The molecule has 0 heterocycles. The second-order valence-electron chi connectivity index (χ2n) is 3.89. The third-order valence-electron chi connectivity index (χ3n) is 2.71. The number of hydrogen-bond donors (Lipinski definition) is 2. The molecule has 1 amide bonds. The van der Waals surface area contributed by atoms with E-state index in [1.807, 2.05) is 0 Å². The summed E-state index contributed by atoms with van der Waals surface area (Å²) in [4.78, 5) is 24.1. The zero-order valence-electron chi connectivity index (χ0n) is 10.9. The van der Waals surface area contributed by atoms with Gasteiger partial charge in [-0.25, -0.2) is 0 Å². The molecule has 0 aliphatic rings. The van der Waals surface area contributed by atoms with E-state index in [2.05, 4.69) is 0 Å². The van der Waals surface area contributed by atoms with Crippen molar-refractivity contribution in [3.63, 3.8) is 0 Å². The van der Waals surface area contributed by atoms with E-state index in [-0.39, 0.29) is 30.0 Å². The van der Waals surface area contributed by atoms with Crippen LogP contribution in [0.3, 0.4) is 0 Å². The summed E-state index contributed by atoms with van der Waals surface area (Å²) in [6.45, 7) is 2.21. The van der Waals surface area contributed by atoms with Crippen LogP contribution in [-0.2, 0) is 4.79 Å². The Morgan fingerprint density at radius 1 is 1.37 bits per heavy atom. The van der Waals surface area contributed by atoms with E-state index in [0.29, 0.717) is 6.54 Å². The quantitative estimate of drug-likeness (QED) is 0.812. The molecule has 0 aliphatic heterocycles. The van der Waals surface area contributed by atoms with Crippen molar-refractivity contribution in [2.45, 2.75) is 13.3 Å². The Hall–Kier alpha value is -2.24. The van der Waals surface area contributed by atoms with Crippen LogP contribution in [0, 0.1) is 0 Å². The van der Waals surface area contributed by atoms with Gasteiger partial charge in [0.15, 0.2) is 11.5 Å². The normalized spacial score (nSPS) is 10.0. The number of carboxylic acid groups (broad SMARTS) is 1. The second kappa shape index (κ2) is 6.63. The Kier molecular flexibility index (Phi) is 5.17. The lowest BCUT2D eigenvalue weighted by Crippen LogP contribution is -2.32. The van der Waals surface area contributed by atoms with Crippen LogP contribution in [-0.4, -0.2) is 47.2 Å². The largest absolute Gasteiger partial charge is 0.504 e. The Morgan fingerprint density at radius 3 is 2.58 bits per heavy atom. The Balaban J connectivity index is 2.94. The van der Waals surface area contributed by atoms with Gasteiger partial charge in [-0.05, 0) is 19.1 Å². The summed E-state index contributed by atoms with van der Waals surface area (Å²) < 4.78 is 4.93. The molecular formula is C13H17NO5. The first-order chi connectivity index (χ1) is 9.01. The predicted molar refractivity (Wildman–Crippen MR) is 68.5 cm³/mol. The Morgan fingerprint density at radius 2 is 2.05 bits per heavy atom. The van der Waals surface area contributed by atoms with Crippen molar-refractivity contribution >= 4 is 11.9 Å². The van der Waals surface area contributed by atoms with Crippen LogP contribution >= 0.6 is 0 Å². The van der Waals surface area contributed by atoms with Crippen molar-refractivity contribution in [2.75, 3.05) is 20.2 Å². The van der Waals surface area contributed by atoms with E-state index in [9.17, 15) is 14.7 Å². The molecule has 0 atom stereocenters. The van der Waals surface area contributed by atoms with E-state index >= 15 is 0 Å². The number of carbonyl (C=O) groups excluding carboxylic acids is 1. The lowest BCUT2D eigenvalue weighted by Gasteiger charge is -2.20. The van der Waals surface area contributed by atoms with Crippen LogP contribution in [0.4, 0.5) is 0 Å². The van der Waals surface area contributed by atoms with Gasteiger partial charge in [0.2, 0.25) is 0 Å². The molecule has 104 valence electrons. The molecule has 1 aromatic carbocycles. The van der Waals surface area contributed by atoms with E-state index in [0.717, 1.165) is 0 Å². The maximum atomic E-state index is 12.2. The SMILES string of the molecule is CCN(CCC(=O)O)C(=O)c1cccc(OC)c1O. The molecular weight excluding hydrogens is 250 g/mol. The number of phenols is 1. The zero-order chi connectivity index (χ0) is 14.4. The summed E-state index contributed by atoms with van der Waals surface area (Å²) in [5, 5.41) is 18.5. The van der Waals surface area contributed by atoms with Crippen LogP contribution < -0.4 is 4.74 Å². The lowest BCUT2D eigenvalue weighted by molar-refractivity contribution is -0.137. The van der Waals surface area contributed by atoms with Crippen LogP contribution in [0.15, 0.2) is 18.2 Å². The molecule has 19 heavy (non-hydrogen) atoms. The van der Waals surface area contributed by atoms with Crippen molar-refractivity contribution in [3.05, 3.63) is 23.8 Å². The second-order valence-corrected chi connectivity index (χ2v) is 3.89. The van der Waals surface area contributed by atoms with Gasteiger partial charge in [-0.2, -0.15) is 0 Å². The minimum Gasteiger partial charge on any atom is -0.504 e. The molecule has 0 aromatic heterocycles. The molecule has 6 nitrogen and oxygen atoms in total. The molecule has 1 rings (SSSR count). The fraction of sp³-hybridized carbons (Fsp3) is 0.385. The van der Waals surface area contributed by atoms with Gasteiger partial charge in [0.05, 0.1) is 19.1 Å². The summed E-state index contributed by atoms with van der Waals surface area (Å²) in [5.74, 6) is -1.41. The molecule has 2 N–H and O–H groups in total. The van der Waals surface area contributed by atoms with E-state index in [1.54, 1.807) is 19.1 Å². The van der Waals surface area contributed by atoms with E-state index in [4.69, 9.17) is 9.84 Å². The van der Waals surface area contributed by atoms with Gasteiger partial charge in [-0.15, -0.1) is 0 Å². The summed E-state index contributed by atoms with van der Waals surface area (Å²) in [5.41, 5.74) is 0.103. The molecule has 0 aliphatic carbocycles. The number of methoxy groups -OCH3 is 1. The van der Waals surface area contributed by atoms with Crippen LogP contribution in [0.5, 0.6) is 11.5 Å². The molecule has 0 spiro atoms. The van der Waals surface area contributed by atoms with Crippen molar-refractivity contribution < 1.29 is 24.5 Å². The van der Waals surface area contributed by atoms with Gasteiger partial charge in [0.1, 0.15) is 0 Å². The first kappa shape index (κ1) is 14.8. The number of aliphatic carboxylic acids is 1. The molecule has 0 fully saturated rings. The summed E-state index contributed by atoms with van der Waals surface area (Å²) in [7, 11) is 1.39. The topological polar surface area (TPSA) is 87.1 Å². The minimum absolute atomic E-state index is 0.0985. The monoisotopic (exact) mass is 267 g/mol. The molecule has 1 aromatic rings. The number of amides is 1. The number of aromatic hydroxyl groups is 1. The summed E-state index contributed by atoms with van der Waals surface area (Å²) in [6.07, 6.45) is -0.135. The van der Waals surface area contributed by atoms with Crippen LogP contribution in [0.25, 0.3) is 0 Å². The van der Waals surface area contributed by atoms with Gasteiger partial charge in [0, 0.05) is 13.1 Å². The number of nitrogens with zero attached hydrogens (tertiary/aromatic N) is 1. The maximum Gasteiger partial charge on any atom is 0.305 e. The number of phenolic OH excluding ortho intramolecular Hbond substituents is 1. The fourth-order valence-corrected chi connectivity index (χ4v) is 1.66. The molecule has 0 saturated heterocycles. The number of carbonyl (C=O) groups is 2. The molecule has 0 unspecified atom stereocenters. The van der Waals surface area contributed by atoms with Crippen molar-refractivity contribution in [2.24, 2.45) is 0 Å². The Bertz CT molecular complexity index is 472. The summed E-state index contributed by atoms with van der Waals surface area (Å²) in [6, 6.07) is 4.61. The number of benzene rings is 1. The molecule has 0 bridgehead atoms. The van der Waals surface area contributed by atoms with Crippen molar-refractivity contribution in [3.8, 4) is 11.5 Å². The minimum atomic E-state index is -0.971. The average molecular weight is 267 g/mol. The number of carboxylic acids is 1. The van der Waals surface area contributed by atoms with Gasteiger partial charge < -0.3 is 19.8 Å². The van der Waals surface area contributed by atoms with E-state index < -0.39 is 11.9 Å². The highest BCUT2D eigenvalue weighted by atomic mass is 16.5. The average Bonchev–Trinajstić information content (AvgIpc) is 2.39. The first-order valence-corrected chi connectivity index (χ1v) is 5.88. The maximum absolute atomic E-state index is 12.2. The highest BCUT2D eigenvalue weighted by molar-refractivity contribution is 5.97. The number of hydrogen-bond acceptors (Lipinski definition) is 4. The van der Waals surface area contributed by atoms with Gasteiger partial charge in [-0.3, -0.25) is 9.59 Å². The predicted octanol–water partition coefficient (Wildman–Crippen LogP) is 1.34. The van der Waals surface area contributed by atoms with Gasteiger partial charge >= 0.3 is 5.97 Å². The van der Waals surface area contributed by atoms with Crippen LogP contribution in [0.2, 0.25) is 0 Å². The fourth-order valence-electron chi connectivity index (χ4n) is 1.66. The third-order valence-corrected chi connectivity index (χ3v) is 2.71. The zero-order valence-corrected chi connectivity index (χ0v) is 10.9. The first-order valence-electron chi connectivity index (χ1n) is 5.88.